The average Bonchev–Trinajstić information content (AvgIpc) is 2.38. The maximum atomic E-state index is 11.4. The summed E-state index contributed by atoms with van der Waals surface area (Å²) in [6.45, 7) is 7.09. The smallest absolute Gasteiger partial charge is 0.341 e. The first-order valence-electron chi connectivity index (χ1n) is 6.42. The minimum atomic E-state index is -1.68. The van der Waals surface area contributed by atoms with Gasteiger partial charge in [0.25, 0.3) is 0 Å². The van der Waals surface area contributed by atoms with Gasteiger partial charge in [-0.3, -0.25) is 0 Å². The number of methoxy groups -OCH3 is 1. The number of carbonyl (C=O) groups is 1. The monoisotopic (exact) mass is 300 g/mol. The van der Waals surface area contributed by atoms with E-state index in [-0.39, 0.29) is 12.5 Å². The van der Waals surface area contributed by atoms with Gasteiger partial charge in [0.2, 0.25) is 0 Å². The summed E-state index contributed by atoms with van der Waals surface area (Å²) in [5, 5.41) is 10.6. The van der Waals surface area contributed by atoms with E-state index in [0.29, 0.717) is 10.8 Å². The van der Waals surface area contributed by atoms with E-state index in [1.54, 1.807) is 0 Å². The van der Waals surface area contributed by atoms with Crippen molar-refractivity contribution in [3.05, 3.63) is 28.3 Å². The lowest BCUT2D eigenvalue weighted by atomic mass is 10.0. The number of rotatable bonds is 5. The first-order valence-corrected chi connectivity index (χ1v) is 6.80. The van der Waals surface area contributed by atoms with E-state index >= 15 is 0 Å². The van der Waals surface area contributed by atoms with Gasteiger partial charge < -0.3 is 14.6 Å². The molecular weight excluding hydrogens is 280 g/mol. The molecule has 1 aromatic carbocycles. The van der Waals surface area contributed by atoms with Gasteiger partial charge in [0.15, 0.2) is 5.60 Å². The molecule has 1 N–H and O–H groups in total. The van der Waals surface area contributed by atoms with E-state index in [2.05, 4.69) is 4.74 Å². The number of esters is 1. The fourth-order valence-corrected chi connectivity index (χ4v) is 1.92. The molecule has 0 aliphatic rings. The summed E-state index contributed by atoms with van der Waals surface area (Å²) in [5.74, 6) is 0.103. The molecule has 0 aromatic heterocycles. The fraction of sp³-hybridized carbons (Fsp3) is 0.533. The SMILES string of the molecule is COC(=O)C(C)(O)COc1cc(C)c(Cl)cc1C(C)C. The number of ether oxygens (including phenoxy) is 2. The van der Waals surface area contributed by atoms with Crippen molar-refractivity contribution in [1.29, 1.82) is 0 Å². The number of halogens is 1. The highest BCUT2D eigenvalue weighted by atomic mass is 35.5. The molecule has 20 heavy (non-hydrogen) atoms. The van der Waals surface area contributed by atoms with Crippen LogP contribution in [0.5, 0.6) is 5.75 Å². The molecule has 112 valence electrons. The largest absolute Gasteiger partial charge is 0.490 e. The molecule has 0 aliphatic heterocycles. The number of carbonyl (C=O) groups excluding carboxylic acids is 1. The number of hydrogen-bond acceptors (Lipinski definition) is 4. The zero-order valence-corrected chi connectivity index (χ0v) is 13.2. The Balaban J connectivity index is 2.98. The predicted octanol–water partition coefficient (Wildman–Crippen LogP) is 3.07. The molecular formula is C15H21ClO4. The van der Waals surface area contributed by atoms with Crippen molar-refractivity contribution in [2.45, 2.75) is 39.2 Å². The Labute approximate surface area is 124 Å². The Kier molecular flexibility index (Phi) is 5.42. The summed E-state index contributed by atoms with van der Waals surface area (Å²) in [7, 11) is 1.22. The highest BCUT2D eigenvalue weighted by molar-refractivity contribution is 6.31. The Morgan fingerprint density at radius 2 is 2.05 bits per heavy atom. The molecule has 0 heterocycles. The second-order valence-corrected chi connectivity index (χ2v) is 5.76. The van der Waals surface area contributed by atoms with Crippen molar-refractivity contribution < 1.29 is 19.4 Å². The van der Waals surface area contributed by atoms with Crippen molar-refractivity contribution in [2.24, 2.45) is 0 Å². The van der Waals surface area contributed by atoms with Gasteiger partial charge in [-0.1, -0.05) is 25.4 Å². The molecule has 1 rings (SSSR count). The molecule has 1 aromatic rings. The highest BCUT2D eigenvalue weighted by Gasteiger charge is 2.33. The zero-order chi connectivity index (χ0) is 15.5. The summed E-state index contributed by atoms with van der Waals surface area (Å²) in [6.07, 6.45) is 0. The minimum absolute atomic E-state index is 0.180. The normalized spacial score (nSPS) is 14.0. The second kappa shape index (κ2) is 6.46. The predicted molar refractivity (Wildman–Crippen MR) is 78.4 cm³/mol. The standard InChI is InChI=1S/C15H21ClO4/c1-9(2)11-7-12(16)10(3)6-13(11)20-8-15(4,18)14(17)19-5/h6-7,9,18H,8H2,1-5H3. The van der Waals surface area contributed by atoms with Crippen LogP contribution in [0.2, 0.25) is 5.02 Å². The lowest BCUT2D eigenvalue weighted by Crippen LogP contribution is -2.42. The molecule has 0 fully saturated rings. The third-order valence-corrected chi connectivity index (χ3v) is 3.45. The maximum Gasteiger partial charge on any atom is 0.341 e. The van der Waals surface area contributed by atoms with Gasteiger partial charge in [-0.25, -0.2) is 4.79 Å². The highest BCUT2D eigenvalue weighted by Crippen LogP contribution is 2.32. The van der Waals surface area contributed by atoms with E-state index in [0.717, 1.165) is 11.1 Å². The van der Waals surface area contributed by atoms with Crippen LogP contribution in [0.15, 0.2) is 12.1 Å². The zero-order valence-electron chi connectivity index (χ0n) is 12.5. The van der Waals surface area contributed by atoms with E-state index in [1.165, 1.54) is 14.0 Å². The van der Waals surface area contributed by atoms with Crippen molar-refractivity contribution in [2.75, 3.05) is 13.7 Å². The average molecular weight is 301 g/mol. The van der Waals surface area contributed by atoms with E-state index < -0.39 is 11.6 Å². The number of aryl methyl sites for hydroxylation is 1. The first-order chi connectivity index (χ1) is 9.19. The number of hydrogen-bond donors (Lipinski definition) is 1. The Bertz CT molecular complexity index is 495. The Morgan fingerprint density at radius 3 is 2.55 bits per heavy atom. The van der Waals surface area contributed by atoms with Crippen LogP contribution in [-0.2, 0) is 9.53 Å². The summed E-state index contributed by atoms with van der Waals surface area (Å²) in [6, 6.07) is 3.66. The number of aliphatic hydroxyl groups is 1. The summed E-state index contributed by atoms with van der Waals surface area (Å²) < 4.78 is 10.1. The van der Waals surface area contributed by atoms with Crippen molar-refractivity contribution in [3.63, 3.8) is 0 Å². The molecule has 0 saturated carbocycles. The van der Waals surface area contributed by atoms with Gasteiger partial charge in [0, 0.05) is 5.02 Å². The molecule has 0 spiro atoms. The van der Waals surface area contributed by atoms with Gasteiger partial charge in [-0.15, -0.1) is 0 Å². The Hall–Kier alpha value is -1.26. The Morgan fingerprint density at radius 1 is 1.45 bits per heavy atom. The van der Waals surface area contributed by atoms with Crippen LogP contribution in [0.25, 0.3) is 0 Å². The molecule has 0 radical (unpaired) electrons. The van der Waals surface area contributed by atoms with Crippen LogP contribution in [0.1, 0.15) is 37.8 Å². The fourth-order valence-electron chi connectivity index (χ4n) is 1.74. The van der Waals surface area contributed by atoms with Gasteiger partial charge in [-0.05, 0) is 43.0 Å². The van der Waals surface area contributed by atoms with Crippen molar-refractivity contribution >= 4 is 17.6 Å². The number of benzene rings is 1. The van der Waals surface area contributed by atoms with Crippen molar-refractivity contribution in [3.8, 4) is 5.75 Å². The van der Waals surface area contributed by atoms with Gasteiger partial charge in [-0.2, -0.15) is 0 Å². The molecule has 0 saturated heterocycles. The molecule has 0 bridgehead atoms. The van der Waals surface area contributed by atoms with Crippen molar-refractivity contribution in [1.82, 2.24) is 0 Å². The molecule has 0 aliphatic carbocycles. The van der Waals surface area contributed by atoms with Crippen LogP contribution >= 0.6 is 11.6 Å². The lowest BCUT2D eigenvalue weighted by Gasteiger charge is -2.22. The van der Waals surface area contributed by atoms with E-state index in [9.17, 15) is 9.90 Å². The quantitative estimate of drug-likeness (QED) is 0.849. The summed E-state index contributed by atoms with van der Waals surface area (Å²) in [5.41, 5.74) is 0.126. The summed E-state index contributed by atoms with van der Waals surface area (Å²) >= 11 is 6.11. The maximum absolute atomic E-state index is 11.4. The first kappa shape index (κ1) is 16.8. The summed E-state index contributed by atoms with van der Waals surface area (Å²) in [4.78, 5) is 11.4. The lowest BCUT2D eigenvalue weighted by molar-refractivity contribution is -0.163. The topological polar surface area (TPSA) is 55.8 Å². The van der Waals surface area contributed by atoms with Crippen LogP contribution in [0.4, 0.5) is 0 Å². The van der Waals surface area contributed by atoms with Crippen LogP contribution < -0.4 is 4.74 Å². The van der Waals surface area contributed by atoms with Gasteiger partial charge >= 0.3 is 5.97 Å². The van der Waals surface area contributed by atoms with Crippen LogP contribution in [0, 0.1) is 6.92 Å². The van der Waals surface area contributed by atoms with E-state index in [4.69, 9.17) is 16.3 Å². The molecule has 1 atom stereocenters. The van der Waals surface area contributed by atoms with Gasteiger partial charge in [0.05, 0.1) is 7.11 Å². The molecule has 4 nitrogen and oxygen atoms in total. The van der Waals surface area contributed by atoms with Gasteiger partial charge in [0.1, 0.15) is 12.4 Å². The minimum Gasteiger partial charge on any atom is -0.490 e. The van der Waals surface area contributed by atoms with Crippen LogP contribution in [-0.4, -0.2) is 30.4 Å². The third-order valence-electron chi connectivity index (χ3n) is 3.05. The molecule has 5 heteroatoms. The third kappa shape index (κ3) is 3.87. The molecule has 1 unspecified atom stereocenters. The molecule has 0 amide bonds. The van der Waals surface area contributed by atoms with Crippen LogP contribution in [0.3, 0.4) is 0 Å². The second-order valence-electron chi connectivity index (χ2n) is 5.35. The van der Waals surface area contributed by atoms with E-state index in [1.807, 2.05) is 32.9 Å².